The SMILES string of the molecule is CCNC(=NCCC(=O)Nc1cccc(C)n1)N1CCCC(CC(N)=O)C1.I. The number of amides is 2. The molecule has 1 unspecified atom stereocenters. The largest absolute Gasteiger partial charge is 0.370 e. The first-order valence-electron chi connectivity index (χ1n) is 9.53. The maximum absolute atomic E-state index is 12.1. The predicted molar refractivity (Wildman–Crippen MR) is 122 cm³/mol. The number of nitrogens with two attached hydrogens (primary N) is 1. The van der Waals surface area contributed by atoms with Gasteiger partial charge in [0.2, 0.25) is 11.8 Å². The number of halogens is 1. The van der Waals surface area contributed by atoms with Gasteiger partial charge in [-0.15, -0.1) is 24.0 Å². The quantitative estimate of drug-likeness (QED) is 0.300. The average molecular weight is 502 g/mol. The van der Waals surface area contributed by atoms with E-state index in [0.29, 0.717) is 18.8 Å². The highest BCUT2D eigenvalue weighted by Gasteiger charge is 2.23. The molecule has 2 amide bonds. The van der Waals surface area contributed by atoms with Crippen LogP contribution in [0.2, 0.25) is 0 Å². The molecule has 9 heteroatoms. The molecule has 1 aromatic rings. The van der Waals surface area contributed by atoms with E-state index < -0.39 is 0 Å². The molecule has 1 aliphatic rings. The van der Waals surface area contributed by atoms with Crippen LogP contribution in [0, 0.1) is 12.8 Å². The lowest BCUT2D eigenvalue weighted by Gasteiger charge is -2.34. The van der Waals surface area contributed by atoms with E-state index in [1.807, 2.05) is 26.0 Å². The summed E-state index contributed by atoms with van der Waals surface area (Å²) in [6.07, 6.45) is 2.69. The third kappa shape index (κ3) is 8.41. The summed E-state index contributed by atoms with van der Waals surface area (Å²) >= 11 is 0. The standard InChI is InChI=1S/C19H30N6O2.HI/c1-3-21-19(25-11-5-7-15(13-25)12-16(20)26)22-10-9-18(27)24-17-8-4-6-14(2)23-17;/h4,6,8,15H,3,5,7,9-13H2,1-2H3,(H2,20,26)(H,21,22)(H,23,24,27);1H. The fraction of sp³-hybridized carbons (Fsp3) is 0.579. The lowest BCUT2D eigenvalue weighted by atomic mass is 9.95. The molecule has 1 aliphatic heterocycles. The van der Waals surface area contributed by atoms with Crippen LogP contribution in [0.3, 0.4) is 0 Å². The third-order valence-electron chi connectivity index (χ3n) is 4.40. The minimum absolute atomic E-state index is 0. The number of guanidine groups is 1. The molecule has 0 aromatic carbocycles. The summed E-state index contributed by atoms with van der Waals surface area (Å²) in [7, 11) is 0. The Kier molecular flexibility index (Phi) is 10.8. The number of rotatable bonds is 7. The summed E-state index contributed by atoms with van der Waals surface area (Å²) in [5.74, 6) is 1.23. The number of aryl methyl sites for hydroxylation is 1. The van der Waals surface area contributed by atoms with Crippen molar-refractivity contribution in [3.63, 3.8) is 0 Å². The van der Waals surface area contributed by atoms with Crippen LogP contribution in [0.1, 0.15) is 38.3 Å². The average Bonchev–Trinajstić information content (AvgIpc) is 2.60. The van der Waals surface area contributed by atoms with Crippen LogP contribution in [0.15, 0.2) is 23.2 Å². The van der Waals surface area contributed by atoms with E-state index in [4.69, 9.17) is 5.73 Å². The van der Waals surface area contributed by atoms with Crippen molar-refractivity contribution in [1.82, 2.24) is 15.2 Å². The van der Waals surface area contributed by atoms with E-state index in [-0.39, 0.29) is 48.1 Å². The van der Waals surface area contributed by atoms with Crippen molar-refractivity contribution in [3.8, 4) is 0 Å². The smallest absolute Gasteiger partial charge is 0.227 e. The summed E-state index contributed by atoms with van der Waals surface area (Å²) in [5.41, 5.74) is 6.19. The predicted octanol–water partition coefficient (Wildman–Crippen LogP) is 1.89. The highest BCUT2D eigenvalue weighted by molar-refractivity contribution is 14.0. The van der Waals surface area contributed by atoms with Crippen molar-refractivity contribution < 1.29 is 9.59 Å². The third-order valence-corrected chi connectivity index (χ3v) is 4.40. The van der Waals surface area contributed by atoms with Crippen molar-refractivity contribution in [1.29, 1.82) is 0 Å². The van der Waals surface area contributed by atoms with Gasteiger partial charge in [0.15, 0.2) is 5.96 Å². The van der Waals surface area contributed by atoms with Crippen LogP contribution >= 0.6 is 24.0 Å². The van der Waals surface area contributed by atoms with Crippen LogP contribution in [-0.4, -0.2) is 53.8 Å². The molecule has 28 heavy (non-hydrogen) atoms. The Morgan fingerprint density at radius 2 is 2.18 bits per heavy atom. The van der Waals surface area contributed by atoms with Crippen LogP contribution < -0.4 is 16.4 Å². The number of nitrogens with one attached hydrogen (secondary N) is 2. The van der Waals surface area contributed by atoms with E-state index in [1.165, 1.54) is 0 Å². The number of piperidine rings is 1. The summed E-state index contributed by atoms with van der Waals surface area (Å²) < 4.78 is 0. The Morgan fingerprint density at radius 3 is 2.86 bits per heavy atom. The molecule has 0 saturated carbocycles. The zero-order valence-electron chi connectivity index (χ0n) is 16.6. The number of anilines is 1. The molecule has 2 rings (SSSR count). The van der Waals surface area contributed by atoms with Crippen molar-refractivity contribution in [2.75, 3.05) is 31.5 Å². The molecule has 0 radical (unpaired) electrons. The Hall–Kier alpha value is -1.91. The van der Waals surface area contributed by atoms with E-state index in [9.17, 15) is 9.59 Å². The first-order chi connectivity index (χ1) is 13.0. The van der Waals surface area contributed by atoms with Gasteiger partial charge in [-0.2, -0.15) is 0 Å². The van der Waals surface area contributed by atoms with Gasteiger partial charge in [-0.05, 0) is 44.7 Å². The fourth-order valence-electron chi connectivity index (χ4n) is 3.22. The second kappa shape index (κ2) is 12.5. The van der Waals surface area contributed by atoms with Gasteiger partial charge in [-0.3, -0.25) is 14.6 Å². The molecule has 1 atom stereocenters. The Balaban J connectivity index is 0.00000392. The van der Waals surface area contributed by atoms with Gasteiger partial charge < -0.3 is 21.3 Å². The summed E-state index contributed by atoms with van der Waals surface area (Å²) in [6.45, 7) is 6.67. The molecule has 156 valence electrons. The van der Waals surface area contributed by atoms with Crippen LogP contribution in [0.5, 0.6) is 0 Å². The number of carbonyl (C=O) groups is 2. The summed E-state index contributed by atoms with van der Waals surface area (Å²) in [6, 6.07) is 5.51. The molecule has 1 aromatic heterocycles. The molecular weight excluding hydrogens is 471 g/mol. The summed E-state index contributed by atoms with van der Waals surface area (Å²) in [4.78, 5) is 34.3. The van der Waals surface area contributed by atoms with Crippen molar-refractivity contribution in [2.24, 2.45) is 16.6 Å². The number of aromatic nitrogens is 1. The number of hydrogen-bond donors (Lipinski definition) is 3. The number of pyridine rings is 1. The molecule has 0 bridgehead atoms. The molecule has 1 saturated heterocycles. The Bertz CT molecular complexity index is 682. The zero-order valence-corrected chi connectivity index (χ0v) is 18.9. The maximum atomic E-state index is 12.1. The van der Waals surface area contributed by atoms with Gasteiger partial charge in [0.25, 0.3) is 0 Å². The van der Waals surface area contributed by atoms with Gasteiger partial charge >= 0.3 is 0 Å². The lowest BCUT2D eigenvalue weighted by molar-refractivity contribution is -0.119. The second-order valence-corrected chi connectivity index (χ2v) is 6.82. The second-order valence-electron chi connectivity index (χ2n) is 6.82. The van der Waals surface area contributed by atoms with Gasteiger partial charge in [-0.1, -0.05) is 6.07 Å². The monoisotopic (exact) mass is 502 g/mol. The van der Waals surface area contributed by atoms with E-state index in [2.05, 4.69) is 25.5 Å². The Labute approximate surface area is 183 Å². The van der Waals surface area contributed by atoms with Crippen LogP contribution in [0.25, 0.3) is 0 Å². The van der Waals surface area contributed by atoms with E-state index in [1.54, 1.807) is 6.07 Å². The molecule has 0 aliphatic carbocycles. The van der Waals surface area contributed by atoms with Crippen molar-refractivity contribution >= 4 is 47.6 Å². The van der Waals surface area contributed by atoms with Crippen LogP contribution in [0.4, 0.5) is 5.82 Å². The van der Waals surface area contributed by atoms with Gasteiger partial charge in [-0.25, -0.2) is 4.98 Å². The molecule has 2 heterocycles. The molecular formula is C19H31IN6O2. The number of hydrogen-bond acceptors (Lipinski definition) is 4. The number of carbonyl (C=O) groups excluding carboxylic acids is 2. The number of likely N-dealkylation sites (tertiary alicyclic amines) is 1. The van der Waals surface area contributed by atoms with Gasteiger partial charge in [0.05, 0.1) is 6.54 Å². The lowest BCUT2D eigenvalue weighted by Crippen LogP contribution is -2.47. The topological polar surface area (TPSA) is 113 Å². The van der Waals surface area contributed by atoms with Gasteiger partial charge in [0.1, 0.15) is 5.82 Å². The highest BCUT2D eigenvalue weighted by atomic mass is 127. The fourth-order valence-corrected chi connectivity index (χ4v) is 3.22. The van der Waals surface area contributed by atoms with Crippen molar-refractivity contribution in [2.45, 2.75) is 39.5 Å². The number of primary amides is 1. The molecule has 8 nitrogen and oxygen atoms in total. The van der Waals surface area contributed by atoms with Crippen LogP contribution in [-0.2, 0) is 9.59 Å². The Morgan fingerprint density at radius 1 is 1.39 bits per heavy atom. The first kappa shape index (κ1) is 24.1. The number of aliphatic imine (C=N–C) groups is 1. The normalized spacial score (nSPS) is 16.9. The molecule has 1 fully saturated rings. The minimum atomic E-state index is -0.259. The molecule has 4 N–H and O–H groups in total. The molecule has 0 spiro atoms. The van der Waals surface area contributed by atoms with E-state index >= 15 is 0 Å². The van der Waals surface area contributed by atoms with Crippen molar-refractivity contribution in [3.05, 3.63) is 23.9 Å². The minimum Gasteiger partial charge on any atom is -0.370 e. The van der Waals surface area contributed by atoms with E-state index in [0.717, 1.165) is 44.1 Å². The first-order valence-corrected chi connectivity index (χ1v) is 9.53. The maximum Gasteiger partial charge on any atom is 0.227 e. The number of nitrogens with zero attached hydrogens (tertiary/aromatic N) is 3. The van der Waals surface area contributed by atoms with Gasteiger partial charge in [0, 0.05) is 38.2 Å². The highest BCUT2D eigenvalue weighted by Crippen LogP contribution is 2.19. The summed E-state index contributed by atoms with van der Waals surface area (Å²) in [5, 5.41) is 6.06. The zero-order chi connectivity index (χ0) is 19.6.